The first kappa shape index (κ1) is 21.4. The summed E-state index contributed by atoms with van der Waals surface area (Å²) in [5.41, 5.74) is 2.20. The monoisotopic (exact) mass is 477 g/mol. The minimum absolute atomic E-state index is 0.0210. The third kappa shape index (κ3) is 4.17. The summed E-state index contributed by atoms with van der Waals surface area (Å²) in [5, 5.41) is 13.0. The van der Waals surface area contributed by atoms with Crippen LogP contribution in [0.3, 0.4) is 0 Å². The lowest BCUT2D eigenvalue weighted by molar-refractivity contribution is -0.113. The Morgan fingerprint density at radius 3 is 2.73 bits per heavy atom. The molecule has 0 aliphatic heterocycles. The molecule has 0 atom stereocenters. The standard InChI is InChI=1S/C24H19N3O4S2/c28-19(25-15-7-4-6-14(12-15)23(30)31)13-32-24-26-21-20(17-10-5-11-18(17)33-21)22(29)27(24)16-8-2-1-3-9-16/h1-4,6-9,12H,5,10-11,13H2,(H,25,28)(H,30,31). The number of nitrogens with one attached hydrogen (secondary N) is 1. The van der Waals surface area contributed by atoms with Gasteiger partial charge in [-0.05, 0) is 55.2 Å². The van der Waals surface area contributed by atoms with Crippen molar-refractivity contribution in [3.05, 3.63) is 81.0 Å². The van der Waals surface area contributed by atoms with Crippen LogP contribution in [-0.2, 0) is 17.6 Å². The highest BCUT2D eigenvalue weighted by Crippen LogP contribution is 2.36. The number of thiophene rings is 1. The van der Waals surface area contributed by atoms with Crippen LogP contribution < -0.4 is 10.9 Å². The number of carboxylic acids is 1. The Balaban J connectivity index is 1.46. The van der Waals surface area contributed by atoms with E-state index in [1.807, 2.05) is 30.3 Å². The number of hydrogen-bond donors (Lipinski definition) is 2. The minimum atomic E-state index is -1.06. The predicted molar refractivity (Wildman–Crippen MR) is 130 cm³/mol. The van der Waals surface area contributed by atoms with Crippen molar-refractivity contribution in [3.8, 4) is 5.69 Å². The molecule has 1 aliphatic carbocycles. The molecule has 0 spiro atoms. The number of thioether (sulfide) groups is 1. The van der Waals surface area contributed by atoms with Crippen molar-refractivity contribution in [2.24, 2.45) is 0 Å². The van der Waals surface area contributed by atoms with E-state index in [-0.39, 0.29) is 22.8 Å². The first-order valence-corrected chi connectivity index (χ1v) is 12.2. The number of aryl methyl sites for hydroxylation is 2. The normalized spacial score (nSPS) is 12.6. The van der Waals surface area contributed by atoms with E-state index in [9.17, 15) is 14.4 Å². The number of carbonyl (C=O) groups is 2. The number of para-hydroxylation sites is 1. The van der Waals surface area contributed by atoms with Crippen molar-refractivity contribution in [1.82, 2.24) is 9.55 Å². The summed E-state index contributed by atoms with van der Waals surface area (Å²) in [6.07, 6.45) is 2.93. The Hall–Kier alpha value is -3.43. The van der Waals surface area contributed by atoms with Crippen LogP contribution in [0.5, 0.6) is 0 Å². The lowest BCUT2D eigenvalue weighted by Crippen LogP contribution is -2.23. The maximum atomic E-state index is 13.6. The van der Waals surface area contributed by atoms with Crippen LogP contribution >= 0.6 is 23.1 Å². The van der Waals surface area contributed by atoms with Crippen molar-refractivity contribution >= 4 is 50.9 Å². The van der Waals surface area contributed by atoms with E-state index in [0.717, 1.165) is 24.8 Å². The van der Waals surface area contributed by atoms with Gasteiger partial charge in [0.05, 0.1) is 22.4 Å². The zero-order valence-corrected chi connectivity index (χ0v) is 19.0. The van der Waals surface area contributed by atoms with Crippen LogP contribution in [-0.4, -0.2) is 32.3 Å². The van der Waals surface area contributed by atoms with Crippen LogP contribution in [0, 0.1) is 0 Å². The molecule has 1 aliphatic rings. The van der Waals surface area contributed by atoms with Gasteiger partial charge in [-0.25, -0.2) is 9.78 Å². The number of aromatic carboxylic acids is 1. The number of hydrogen-bond acceptors (Lipinski definition) is 6. The molecule has 2 aromatic carbocycles. The first-order valence-electron chi connectivity index (χ1n) is 10.4. The van der Waals surface area contributed by atoms with Crippen molar-refractivity contribution in [3.63, 3.8) is 0 Å². The van der Waals surface area contributed by atoms with Crippen molar-refractivity contribution < 1.29 is 14.7 Å². The van der Waals surface area contributed by atoms with Gasteiger partial charge < -0.3 is 10.4 Å². The zero-order chi connectivity index (χ0) is 22.9. The third-order valence-corrected chi connectivity index (χ3v) is 7.57. The van der Waals surface area contributed by atoms with E-state index >= 15 is 0 Å². The van der Waals surface area contributed by atoms with Gasteiger partial charge in [0.1, 0.15) is 4.83 Å². The summed E-state index contributed by atoms with van der Waals surface area (Å²) >= 11 is 2.75. The van der Waals surface area contributed by atoms with Gasteiger partial charge in [0.25, 0.3) is 5.56 Å². The van der Waals surface area contributed by atoms with Gasteiger partial charge in [-0.15, -0.1) is 11.3 Å². The van der Waals surface area contributed by atoms with Gasteiger partial charge in [0.2, 0.25) is 5.91 Å². The van der Waals surface area contributed by atoms with Crippen LogP contribution in [0.15, 0.2) is 64.5 Å². The Bertz CT molecular complexity index is 1440. The molecule has 0 radical (unpaired) electrons. The molecule has 7 nitrogen and oxygen atoms in total. The summed E-state index contributed by atoms with van der Waals surface area (Å²) in [5.74, 6) is -1.36. The van der Waals surface area contributed by atoms with Gasteiger partial charge in [0, 0.05) is 10.6 Å². The van der Waals surface area contributed by atoms with E-state index in [0.29, 0.717) is 26.7 Å². The SMILES string of the molecule is O=C(CSc1nc2sc3c(c2c(=O)n1-c1ccccc1)CCC3)Nc1cccc(C(=O)O)c1. The number of anilines is 1. The van der Waals surface area contributed by atoms with Crippen LogP contribution in [0.25, 0.3) is 15.9 Å². The number of rotatable bonds is 6. The predicted octanol–water partition coefficient (Wildman–Crippen LogP) is 4.36. The Morgan fingerprint density at radius 2 is 1.94 bits per heavy atom. The summed E-state index contributed by atoms with van der Waals surface area (Å²) < 4.78 is 1.58. The molecule has 2 N–H and O–H groups in total. The highest BCUT2D eigenvalue weighted by atomic mass is 32.2. The Morgan fingerprint density at radius 1 is 1.12 bits per heavy atom. The first-order chi connectivity index (χ1) is 16.0. The maximum absolute atomic E-state index is 13.6. The molecule has 0 bridgehead atoms. The number of nitrogens with zero attached hydrogens (tertiary/aromatic N) is 2. The second kappa shape index (κ2) is 8.84. The van der Waals surface area contributed by atoms with E-state index in [2.05, 4.69) is 5.32 Å². The van der Waals surface area contributed by atoms with Crippen molar-refractivity contribution in [2.45, 2.75) is 24.4 Å². The van der Waals surface area contributed by atoms with Crippen LogP contribution in [0.1, 0.15) is 27.2 Å². The number of amides is 1. The highest BCUT2D eigenvalue weighted by Gasteiger charge is 2.24. The quantitative estimate of drug-likeness (QED) is 0.316. The lowest BCUT2D eigenvalue weighted by atomic mass is 10.2. The Kier molecular flexibility index (Phi) is 5.74. The average molecular weight is 478 g/mol. The highest BCUT2D eigenvalue weighted by molar-refractivity contribution is 7.99. The molecular formula is C24H19N3O4S2. The number of benzene rings is 2. The molecular weight excluding hydrogens is 458 g/mol. The molecule has 0 saturated carbocycles. The molecule has 2 aromatic heterocycles. The molecule has 0 unspecified atom stereocenters. The number of carboxylic acid groups (broad SMARTS) is 1. The summed E-state index contributed by atoms with van der Waals surface area (Å²) in [6.45, 7) is 0. The number of fused-ring (bicyclic) bond motifs is 3. The maximum Gasteiger partial charge on any atom is 0.335 e. The molecule has 5 rings (SSSR count). The molecule has 0 fully saturated rings. The molecule has 1 amide bonds. The lowest BCUT2D eigenvalue weighted by Gasteiger charge is -2.12. The second-order valence-electron chi connectivity index (χ2n) is 7.63. The molecule has 166 valence electrons. The third-order valence-electron chi connectivity index (χ3n) is 5.45. The smallest absolute Gasteiger partial charge is 0.335 e. The van der Waals surface area contributed by atoms with Gasteiger partial charge in [0.15, 0.2) is 5.16 Å². The van der Waals surface area contributed by atoms with Crippen LogP contribution in [0.4, 0.5) is 5.69 Å². The van der Waals surface area contributed by atoms with Gasteiger partial charge in [-0.1, -0.05) is 36.0 Å². The largest absolute Gasteiger partial charge is 0.478 e. The number of carbonyl (C=O) groups excluding carboxylic acids is 1. The van der Waals surface area contributed by atoms with Gasteiger partial charge in [-0.3, -0.25) is 14.2 Å². The fraction of sp³-hybridized carbons (Fsp3) is 0.167. The average Bonchev–Trinajstić information content (AvgIpc) is 3.39. The van der Waals surface area contributed by atoms with E-state index in [1.54, 1.807) is 28.0 Å². The topological polar surface area (TPSA) is 101 Å². The number of aromatic nitrogens is 2. The minimum Gasteiger partial charge on any atom is -0.478 e. The zero-order valence-electron chi connectivity index (χ0n) is 17.4. The Labute approximate surface area is 197 Å². The van der Waals surface area contributed by atoms with E-state index < -0.39 is 5.97 Å². The van der Waals surface area contributed by atoms with E-state index in [1.165, 1.54) is 28.8 Å². The van der Waals surface area contributed by atoms with Crippen molar-refractivity contribution in [2.75, 3.05) is 11.1 Å². The summed E-state index contributed by atoms with van der Waals surface area (Å²) in [4.78, 5) is 44.0. The molecule has 9 heteroatoms. The van der Waals surface area contributed by atoms with Crippen molar-refractivity contribution in [1.29, 1.82) is 0 Å². The molecule has 2 heterocycles. The van der Waals surface area contributed by atoms with Gasteiger partial charge >= 0.3 is 5.97 Å². The second-order valence-corrected chi connectivity index (χ2v) is 9.66. The van der Waals surface area contributed by atoms with Crippen LogP contribution in [0.2, 0.25) is 0 Å². The fourth-order valence-electron chi connectivity index (χ4n) is 3.98. The summed E-state index contributed by atoms with van der Waals surface area (Å²) in [7, 11) is 0. The fourth-order valence-corrected chi connectivity index (χ4v) is 6.10. The molecule has 0 saturated heterocycles. The molecule has 33 heavy (non-hydrogen) atoms. The summed E-state index contributed by atoms with van der Waals surface area (Å²) in [6, 6.07) is 15.4. The van der Waals surface area contributed by atoms with Gasteiger partial charge in [-0.2, -0.15) is 0 Å². The van der Waals surface area contributed by atoms with E-state index in [4.69, 9.17) is 10.1 Å². The molecule has 4 aromatic rings.